The van der Waals surface area contributed by atoms with Crippen molar-refractivity contribution in [1.29, 1.82) is 0 Å². The van der Waals surface area contributed by atoms with Gasteiger partial charge in [-0.3, -0.25) is 4.79 Å². The van der Waals surface area contributed by atoms with Crippen molar-refractivity contribution in [3.8, 4) is 5.75 Å². The Morgan fingerprint density at radius 3 is 2.24 bits per heavy atom. The van der Waals surface area contributed by atoms with Crippen LogP contribution < -0.4 is 20.7 Å². The predicted molar refractivity (Wildman–Crippen MR) is 150 cm³/mol. The third-order valence-corrected chi connectivity index (χ3v) is 7.67. The molecule has 0 spiro atoms. The minimum absolute atomic E-state index is 0.173. The highest BCUT2D eigenvalue weighted by molar-refractivity contribution is 5.94. The summed E-state index contributed by atoms with van der Waals surface area (Å²) in [5, 5.41) is 22.1. The second-order valence-corrected chi connectivity index (χ2v) is 11.6. The van der Waals surface area contributed by atoms with Gasteiger partial charge in [-0.2, -0.15) is 0 Å². The zero-order valence-corrected chi connectivity index (χ0v) is 23.8. The minimum Gasteiger partial charge on any atom is -0.406 e. The number of benzene rings is 2. The molecule has 42 heavy (non-hydrogen) atoms. The summed E-state index contributed by atoms with van der Waals surface area (Å²) in [5.74, 6) is 0.720. The summed E-state index contributed by atoms with van der Waals surface area (Å²) in [4.78, 5) is 25.7. The molecule has 1 saturated carbocycles. The quantitative estimate of drug-likeness (QED) is 0.251. The number of halogens is 3. The number of aromatic amines is 1. The summed E-state index contributed by atoms with van der Waals surface area (Å²) < 4.78 is 41.3. The van der Waals surface area contributed by atoms with E-state index in [4.69, 9.17) is 0 Å². The number of carbonyl (C=O) groups is 2. The number of amides is 3. The highest BCUT2D eigenvalue weighted by Gasteiger charge is 2.34. The van der Waals surface area contributed by atoms with Crippen LogP contribution in [0.4, 0.5) is 23.7 Å². The predicted octanol–water partition coefficient (Wildman–Crippen LogP) is 5.79. The SMILES string of the molecule is CC(C)(C)C1CCC(C(NC(=O)Nc2ccc(OC(F)(F)F)cc2)c2ccc(C(=O)NCCc3nnn[nH]3)cc2)CC1. The van der Waals surface area contributed by atoms with Crippen LogP contribution in [-0.2, 0) is 6.42 Å². The maximum Gasteiger partial charge on any atom is 0.573 e. The molecule has 1 heterocycles. The molecule has 226 valence electrons. The van der Waals surface area contributed by atoms with Crippen LogP contribution in [0.2, 0.25) is 0 Å². The van der Waals surface area contributed by atoms with Gasteiger partial charge >= 0.3 is 12.4 Å². The van der Waals surface area contributed by atoms with E-state index in [1.54, 1.807) is 12.1 Å². The van der Waals surface area contributed by atoms with Gasteiger partial charge in [-0.25, -0.2) is 9.89 Å². The second kappa shape index (κ2) is 13.2. The third kappa shape index (κ3) is 8.92. The van der Waals surface area contributed by atoms with E-state index in [0.717, 1.165) is 43.4 Å². The zero-order valence-electron chi connectivity index (χ0n) is 23.8. The van der Waals surface area contributed by atoms with E-state index in [1.807, 2.05) is 12.1 Å². The number of alkyl halides is 3. The number of rotatable bonds is 9. The van der Waals surface area contributed by atoms with Crippen LogP contribution in [0.5, 0.6) is 5.75 Å². The van der Waals surface area contributed by atoms with Crippen LogP contribution in [0.25, 0.3) is 0 Å². The van der Waals surface area contributed by atoms with Crippen LogP contribution in [-0.4, -0.2) is 45.5 Å². The Balaban J connectivity index is 1.43. The lowest BCUT2D eigenvalue weighted by atomic mass is 9.68. The normalized spacial score (nSPS) is 18.1. The van der Waals surface area contributed by atoms with E-state index in [1.165, 1.54) is 12.1 Å². The fraction of sp³-hybridized carbons (Fsp3) is 0.483. The summed E-state index contributed by atoms with van der Waals surface area (Å²) in [5.41, 5.74) is 1.87. The molecule has 1 unspecified atom stereocenters. The van der Waals surface area contributed by atoms with Gasteiger partial charge in [-0.1, -0.05) is 32.9 Å². The Morgan fingerprint density at radius 1 is 1.00 bits per heavy atom. The van der Waals surface area contributed by atoms with Gasteiger partial charge in [0.25, 0.3) is 5.91 Å². The zero-order chi connectivity index (χ0) is 30.3. The molecule has 1 fully saturated rings. The molecular formula is C29H36F3N7O3. The van der Waals surface area contributed by atoms with Gasteiger partial charge in [0.05, 0.1) is 6.04 Å². The number of hydrogen-bond donors (Lipinski definition) is 4. The number of nitrogens with one attached hydrogen (secondary N) is 4. The summed E-state index contributed by atoms with van der Waals surface area (Å²) in [6.07, 6.45) is -0.403. The van der Waals surface area contributed by atoms with Crippen molar-refractivity contribution in [3.63, 3.8) is 0 Å². The van der Waals surface area contributed by atoms with E-state index < -0.39 is 12.4 Å². The van der Waals surface area contributed by atoms with Gasteiger partial charge in [0.1, 0.15) is 11.6 Å². The lowest BCUT2D eigenvalue weighted by molar-refractivity contribution is -0.274. The largest absolute Gasteiger partial charge is 0.573 e. The third-order valence-electron chi connectivity index (χ3n) is 7.67. The first-order chi connectivity index (χ1) is 19.9. The van der Waals surface area contributed by atoms with Gasteiger partial charge in [-0.05, 0) is 95.3 Å². The summed E-state index contributed by atoms with van der Waals surface area (Å²) in [6, 6.07) is 11.3. The molecular weight excluding hydrogens is 551 g/mol. The molecule has 0 saturated heterocycles. The average Bonchev–Trinajstić information content (AvgIpc) is 3.45. The first-order valence-electron chi connectivity index (χ1n) is 13.9. The van der Waals surface area contributed by atoms with Crippen molar-refractivity contribution in [1.82, 2.24) is 31.3 Å². The standard InChI is InChI=1S/C29H36F3N7O3/c1-28(2,3)21-10-8-19(9-11-21)25(35-27(41)34-22-12-14-23(15-13-22)42-29(30,31)32)18-4-6-20(7-5-18)26(40)33-17-16-24-36-38-39-37-24/h4-7,12-15,19,21,25H,8-11,16-17H2,1-3H3,(H,33,40)(H2,34,35,41)(H,36,37,38,39). The molecule has 10 nitrogen and oxygen atoms in total. The Labute approximate surface area is 242 Å². The topological polar surface area (TPSA) is 134 Å². The highest BCUT2D eigenvalue weighted by Crippen LogP contribution is 2.43. The smallest absolute Gasteiger partial charge is 0.406 e. The number of aromatic nitrogens is 4. The molecule has 3 amide bonds. The van der Waals surface area contributed by atoms with E-state index in [0.29, 0.717) is 36.0 Å². The maximum atomic E-state index is 13.1. The van der Waals surface area contributed by atoms with Crippen molar-refractivity contribution in [3.05, 3.63) is 65.5 Å². The van der Waals surface area contributed by atoms with Crippen molar-refractivity contribution in [2.24, 2.45) is 17.3 Å². The Kier molecular flexibility index (Phi) is 9.69. The second-order valence-electron chi connectivity index (χ2n) is 11.6. The summed E-state index contributed by atoms with van der Waals surface area (Å²) in [6.45, 7) is 7.11. The fourth-order valence-electron chi connectivity index (χ4n) is 5.36. The summed E-state index contributed by atoms with van der Waals surface area (Å²) in [7, 11) is 0. The Morgan fingerprint density at radius 2 is 1.67 bits per heavy atom. The number of H-pyrrole nitrogens is 1. The molecule has 0 radical (unpaired) electrons. The van der Waals surface area contributed by atoms with Crippen molar-refractivity contribution >= 4 is 17.6 Å². The summed E-state index contributed by atoms with van der Waals surface area (Å²) >= 11 is 0. The number of anilines is 1. The van der Waals surface area contributed by atoms with E-state index in [-0.39, 0.29) is 29.0 Å². The number of carbonyl (C=O) groups excluding carboxylic acids is 2. The monoisotopic (exact) mass is 587 g/mol. The van der Waals surface area contributed by atoms with Crippen molar-refractivity contribution in [2.45, 2.75) is 65.3 Å². The Hall–Kier alpha value is -4.16. The first-order valence-corrected chi connectivity index (χ1v) is 13.9. The van der Waals surface area contributed by atoms with E-state index in [9.17, 15) is 22.8 Å². The number of urea groups is 1. The van der Waals surface area contributed by atoms with Crippen LogP contribution in [0.3, 0.4) is 0 Å². The molecule has 4 N–H and O–H groups in total. The number of hydrogen-bond acceptors (Lipinski definition) is 6. The first kappa shape index (κ1) is 30.8. The number of tetrazole rings is 1. The molecule has 3 aromatic rings. The molecule has 0 bridgehead atoms. The number of nitrogens with zero attached hydrogens (tertiary/aromatic N) is 3. The fourth-order valence-corrected chi connectivity index (χ4v) is 5.36. The molecule has 1 atom stereocenters. The molecule has 2 aromatic carbocycles. The van der Waals surface area contributed by atoms with Crippen LogP contribution in [0.1, 0.15) is 74.2 Å². The maximum absolute atomic E-state index is 13.1. The van der Waals surface area contributed by atoms with E-state index >= 15 is 0 Å². The van der Waals surface area contributed by atoms with Gasteiger partial charge in [0.2, 0.25) is 0 Å². The molecule has 1 aromatic heterocycles. The van der Waals surface area contributed by atoms with Crippen molar-refractivity contribution < 1.29 is 27.5 Å². The van der Waals surface area contributed by atoms with Gasteiger partial charge in [-0.15, -0.1) is 18.3 Å². The van der Waals surface area contributed by atoms with Gasteiger partial charge in [0, 0.05) is 24.2 Å². The van der Waals surface area contributed by atoms with Crippen LogP contribution in [0.15, 0.2) is 48.5 Å². The van der Waals surface area contributed by atoms with Crippen LogP contribution in [0, 0.1) is 17.3 Å². The lowest BCUT2D eigenvalue weighted by Gasteiger charge is -2.39. The highest BCUT2D eigenvalue weighted by atomic mass is 19.4. The molecule has 0 aliphatic heterocycles. The molecule has 1 aliphatic carbocycles. The molecule has 4 rings (SSSR count). The molecule has 13 heteroatoms. The van der Waals surface area contributed by atoms with Gasteiger partial charge in [0.15, 0.2) is 0 Å². The van der Waals surface area contributed by atoms with Gasteiger partial charge < -0.3 is 20.7 Å². The van der Waals surface area contributed by atoms with Crippen LogP contribution >= 0.6 is 0 Å². The minimum atomic E-state index is -4.79. The average molecular weight is 588 g/mol. The lowest BCUT2D eigenvalue weighted by Crippen LogP contribution is -2.38. The Bertz CT molecular complexity index is 1300. The number of ether oxygens (including phenoxy) is 1. The molecule has 1 aliphatic rings. The van der Waals surface area contributed by atoms with E-state index in [2.05, 4.69) is 62.1 Å². The van der Waals surface area contributed by atoms with Crippen molar-refractivity contribution in [2.75, 3.05) is 11.9 Å².